The minimum atomic E-state index is -0.0272. The highest BCUT2D eigenvalue weighted by atomic mass is 16.2. The maximum absolute atomic E-state index is 13.3. The number of carbonyl (C=O) groups is 1. The van der Waals surface area contributed by atoms with Crippen molar-refractivity contribution in [1.82, 2.24) is 44.2 Å². The van der Waals surface area contributed by atoms with Crippen LogP contribution in [-0.4, -0.2) is 56.2 Å². The number of hydrogen-bond acceptors (Lipinski definition) is 7. The lowest BCUT2D eigenvalue weighted by Gasteiger charge is -2.33. The topological polar surface area (TPSA) is 112 Å². The lowest BCUT2D eigenvalue weighted by Crippen LogP contribution is -2.45. The Kier molecular flexibility index (Phi) is 4.72. The molecule has 0 aromatic carbocycles. The Bertz CT molecular complexity index is 1300. The van der Waals surface area contributed by atoms with Gasteiger partial charge in [0, 0.05) is 50.7 Å². The van der Waals surface area contributed by atoms with Crippen LogP contribution in [0, 0.1) is 6.92 Å². The molecule has 164 valence electrons. The summed E-state index contributed by atoms with van der Waals surface area (Å²) in [4.78, 5) is 25.7. The van der Waals surface area contributed by atoms with Crippen LogP contribution >= 0.6 is 0 Å². The van der Waals surface area contributed by atoms with Gasteiger partial charge in [0.1, 0.15) is 17.2 Å². The number of amides is 1. The minimum absolute atomic E-state index is 0.0272. The van der Waals surface area contributed by atoms with Crippen molar-refractivity contribution in [3.8, 4) is 11.3 Å². The van der Waals surface area contributed by atoms with Crippen molar-refractivity contribution < 1.29 is 4.79 Å². The zero-order valence-electron chi connectivity index (χ0n) is 18.4. The first-order chi connectivity index (χ1) is 15.4. The molecule has 4 aromatic heterocycles. The third-order valence-corrected chi connectivity index (χ3v) is 5.65. The van der Waals surface area contributed by atoms with Gasteiger partial charge >= 0.3 is 0 Å². The molecule has 11 heteroatoms. The molecular formula is C21H24N10O. The zero-order valence-corrected chi connectivity index (χ0v) is 18.4. The standard InChI is InChI=1S/C21H24N10O/c1-13-8-22-21(25-18-5-6-23-28(18)3)26-19(13)15-7-17-20(32)31(14(2)10-30(17)11-15)12-16-9-24-29(4)27-16/h5-9,11,14H,10,12H2,1-4H3,(H,22,25,26)/t14-/m0/s1. The highest BCUT2D eigenvalue weighted by Crippen LogP contribution is 2.29. The van der Waals surface area contributed by atoms with Gasteiger partial charge in [0.15, 0.2) is 0 Å². The molecule has 5 heterocycles. The summed E-state index contributed by atoms with van der Waals surface area (Å²) < 4.78 is 3.72. The SMILES string of the molecule is Cc1cnc(Nc2ccnn2C)nc1-c1cc2n(c1)C[C@H](C)N(Cc1cnn(C)n1)C2=O. The van der Waals surface area contributed by atoms with Crippen molar-refractivity contribution in [3.05, 3.63) is 53.9 Å². The van der Waals surface area contributed by atoms with E-state index in [9.17, 15) is 4.79 Å². The van der Waals surface area contributed by atoms with Gasteiger partial charge in [0.2, 0.25) is 5.95 Å². The molecule has 32 heavy (non-hydrogen) atoms. The Morgan fingerprint density at radius 3 is 2.78 bits per heavy atom. The molecule has 0 radical (unpaired) electrons. The van der Waals surface area contributed by atoms with Crippen LogP contribution in [0.1, 0.15) is 28.7 Å². The van der Waals surface area contributed by atoms with E-state index in [4.69, 9.17) is 4.98 Å². The van der Waals surface area contributed by atoms with E-state index in [1.807, 2.05) is 48.7 Å². The average Bonchev–Trinajstić information content (AvgIpc) is 3.47. The fourth-order valence-electron chi connectivity index (χ4n) is 3.97. The molecule has 0 unspecified atom stereocenters. The van der Waals surface area contributed by atoms with Gasteiger partial charge < -0.3 is 14.8 Å². The van der Waals surface area contributed by atoms with E-state index in [0.29, 0.717) is 24.7 Å². The van der Waals surface area contributed by atoms with Gasteiger partial charge in [-0.15, -0.1) is 0 Å². The quantitative estimate of drug-likeness (QED) is 0.513. The van der Waals surface area contributed by atoms with Crippen molar-refractivity contribution in [3.63, 3.8) is 0 Å². The van der Waals surface area contributed by atoms with Crippen LogP contribution in [0.2, 0.25) is 0 Å². The van der Waals surface area contributed by atoms with Crippen molar-refractivity contribution in [2.75, 3.05) is 5.32 Å². The largest absolute Gasteiger partial charge is 0.341 e. The van der Waals surface area contributed by atoms with E-state index in [1.54, 1.807) is 30.3 Å². The van der Waals surface area contributed by atoms with Crippen LogP contribution in [0.3, 0.4) is 0 Å². The Hall–Kier alpha value is -4.02. The second-order valence-electron chi connectivity index (χ2n) is 8.06. The van der Waals surface area contributed by atoms with Crippen LogP contribution < -0.4 is 5.32 Å². The predicted octanol–water partition coefficient (Wildman–Crippen LogP) is 1.90. The van der Waals surface area contributed by atoms with E-state index >= 15 is 0 Å². The van der Waals surface area contributed by atoms with Crippen molar-refractivity contribution >= 4 is 17.7 Å². The normalized spacial score (nSPS) is 15.8. The number of rotatable bonds is 5. The number of nitrogens with zero attached hydrogens (tertiary/aromatic N) is 9. The van der Waals surface area contributed by atoms with E-state index in [2.05, 4.69) is 25.6 Å². The van der Waals surface area contributed by atoms with E-state index in [1.165, 1.54) is 4.80 Å². The van der Waals surface area contributed by atoms with Gasteiger partial charge in [0.25, 0.3) is 5.91 Å². The molecule has 0 spiro atoms. The average molecular weight is 432 g/mol. The summed E-state index contributed by atoms with van der Waals surface area (Å²) in [5.74, 6) is 1.24. The molecule has 5 rings (SSSR count). The summed E-state index contributed by atoms with van der Waals surface area (Å²) in [6.07, 6.45) is 7.17. The van der Waals surface area contributed by atoms with Crippen LogP contribution in [0.5, 0.6) is 0 Å². The Morgan fingerprint density at radius 2 is 2.06 bits per heavy atom. The number of aromatic nitrogens is 8. The molecule has 0 aliphatic carbocycles. The van der Waals surface area contributed by atoms with Gasteiger partial charge in [0.05, 0.1) is 24.6 Å². The predicted molar refractivity (Wildman–Crippen MR) is 117 cm³/mol. The second-order valence-corrected chi connectivity index (χ2v) is 8.06. The van der Waals surface area contributed by atoms with Crippen molar-refractivity contribution in [1.29, 1.82) is 0 Å². The third-order valence-electron chi connectivity index (χ3n) is 5.65. The second kappa shape index (κ2) is 7.59. The maximum Gasteiger partial charge on any atom is 0.271 e. The Labute approximate surface area is 184 Å². The number of fused-ring (bicyclic) bond motifs is 1. The fraction of sp³-hybridized carbons (Fsp3) is 0.333. The first kappa shape index (κ1) is 19.9. The number of carbonyl (C=O) groups excluding carboxylic acids is 1. The summed E-state index contributed by atoms with van der Waals surface area (Å²) in [5.41, 5.74) is 4.01. The number of anilines is 2. The highest BCUT2D eigenvalue weighted by Gasteiger charge is 2.31. The van der Waals surface area contributed by atoms with E-state index < -0.39 is 0 Å². The zero-order chi connectivity index (χ0) is 22.4. The van der Waals surface area contributed by atoms with E-state index in [0.717, 1.165) is 28.3 Å². The molecule has 1 atom stereocenters. The Balaban J connectivity index is 1.44. The highest BCUT2D eigenvalue weighted by molar-refractivity contribution is 5.95. The van der Waals surface area contributed by atoms with Crippen LogP contribution in [0.15, 0.2) is 36.9 Å². The fourth-order valence-corrected chi connectivity index (χ4v) is 3.97. The summed E-state index contributed by atoms with van der Waals surface area (Å²) in [5, 5.41) is 15.8. The lowest BCUT2D eigenvalue weighted by atomic mass is 10.1. The van der Waals surface area contributed by atoms with E-state index in [-0.39, 0.29) is 11.9 Å². The van der Waals surface area contributed by atoms with Crippen molar-refractivity contribution in [2.24, 2.45) is 14.1 Å². The first-order valence-corrected chi connectivity index (χ1v) is 10.3. The Morgan fingerprint density at radius 1 is 1.22 bits per heavy atom. The minimum Gasteiger partial charge on any atom is -0.341 e. The molecule has 4 aromatic rings. The first-order valence-electron chi connectivity index (χ1n) is 10.3. The summed E-state index contributed by atoms with van der Waals surface area (Å²) in [7, 11) is 3.61. The van der Waals surface area contributed by atoms with Crippen LogP contribution in [-0.2, 0) is 27.2 Å². The molecule has 0 saturated heterocycles. The molecule has 1 N–H and O–H groups in total. The lowest BCUT2D eigenvalue weighted by molar-refractivity contribution is 0.0592. The van der Waals surface area contributed by atoms with Gasteiger partial charge in [-0.1, -0.05) is 0 Å². The molecule has 0 fully saturated rings. The number of nitrogens with one attached hydrogen (secondary N) is 1. The number of aryl methyl sites for hydroxylation is 3. The van der Waals surface area contributed by atoms with Gasteiger partial charge in [-0.2, -0.15) is 20.1 Å². The van der Waals surface area contributed by atoms with Gasteiger partial charge in [-0.05, 0) is 25.5 Å². The molecule has 0 bridgehead atoms. The molecule has 11 nitrogen and oxygen atoms in total. The van der Waals surface area contributed by atoms with Crippen molar-refractivity contribution in [2.45, 2.75) is 33.0 Å². The summed E-state index contributed by atoms with van der Waals surface area (Å²) >= 11 is 0. The molecule has 1 aliphatic rings. The monoisotopic (exact) mass is 432 g/mol. The van der Waals surface area contributed by atoms with Gasteiger partial charge in [-0.3, -0.25) is 9.48 Å². The smallest absolute Gasteiger partial charge is 0.271 e. The molecule has 0 saturated carbocycles. The van der Waals surface area contributed by atoms with Gasteiger partial charge in [-0.25, -0.2) is 9.97 Å². The van der Waals surface area contributed by atoms with Crippen LogP contribution in [0.4, 0.5) is 11.8 Å². The molecule has 1 amide bonds. The number of hydrogen-bond donors (Lipinski definition) is 1. The maximum atomic E-state index is 13.3. The molecular weight excluding hydrogens is 408 g/mol. The van der Waals surface area contributed by atoms with Crippen LogP contribution in [0.25, 0.3) is 11.3 Å². The summed E-state index contributed by atoms with van der Waals surface area (Å²) in [6, 6.07) is 3.79. The third kappa shape index (κ3) is 3.51. The molecule has 1 aliphatic heterocycles. The summed E-state index contributed by atoms with van der Waals surface area (Å²) in [6.45, 7) is 5.14.